The fraction of sp³-hybridized carbons (Fsp3) is 0.692. The van der Waals surface area contributed by atoms with Gasteiger partial charge in [-0.2, -0.15) is 16.9 Å². The Morgan fingerprint density at radius 3 is 2.90 bits per heavy atom. The zero-order valence-electron chi connectivity index (χ0n) is 12.4. The average Bonchev–Trinajstić information content (AvgIpc) is 2.86. The van der Waals surface area contributed by atoms with Gasteiger partial charge in [-0.15, -0.1) is 24.0 Å². The first-order valence-electron chi connectivity index (χ1n) is 6.68. The van der Waals surface area contributed by atoms with Crippen LogP contribution in [0.3, 0.4) is 0 Å². The lowest BCUT2D eigenvalue weighted by Gasteiger charge is -2.39. The number of aliphatic imine (C=N–C) groups is 1. The van der Waals surface area contributed by atoms with Gasteiger partial charge in [0.05, 0.1) is 6.54 Å². The maximum atomic E-state index is 4.39. The summed E-state index contributed by atoms with van der Waals surface area (Å²) < 4.78 is 2.23. The van der Waals surface area contributed by atoms with E-state index in [1.54, 1.807) is 6.20 Å². The van der Waals surface area contributed by atoms with E-state index in [0.29, 0.717) is 4.75 Å². The molecule has 20 heavy (non-hydrogen) atoms. The van der Waals surface area contributed by atoms with E-state index in [0.717, 1.165) is 37.9 Å². The van der Waals surface area contributed by atoms with E-state index in [2.05, 4.69) is 34.2 Å². The number of hydrogen-bond acceptors (Lipinski definition) is 3. The van der Waals surface area contributed by atoms with Crippen LogP contribution >= 0.6 is 35.7 Å². The normalized spacial score (nSPS) is 18.6. The molecule has 1 aromatic heterocycles. The first-order chi connectivity index (χ1) is 9.11. The van der Waals surface area contributed by atoms with Crippen LogP contribution in [-0.4, -0.2) is 57.8 Å². The van der Waals surface area contributed by atoms with Crippen LogP contribution in [0, 0.1) is 0 Å². The fourth-order valence-corrected chi connectivity index (χ4v) is 3.36. The number of halogens is 1. The highest BCUT2D eigenvalue weighted by Gasteiger charge is 2.28. The minimum absolute atomic E-state index is 0. The van der Waals surface area contributed by atoms with E-state index in [1.807, 2.05) is 35.8 Å². The van der Waals surface area contributed by atoms with Crippen molar-refractivity contribution in [1.82, 2.24) is 20.0 Å². The van der Waals surface area contributed by atoms with E-state index in [4.69, 9.17) is 0 Å². The molecule has 1 saturated heterocycles. The predicted octanol–water partition coefficient (Wildman–Crippen LogP) is 1.90. The Bertz CT molecular complexity index is 418. The smallest absolute Gasteiger partial charge is 0.193 e. The van der Waals surface area contributed by atoms with Crippen molar-refractivity contribution in [3.05, 3.63) is 18.5 Å². The van der Waals surface area contributed by atoms with E-state index < -0.39 is 0 Å². The van der Waals surface area contributed by atoms with Gasteiger partial charge >= 0.3 is 0 Å². The number of guanidine groups is 1. The van der Waals surface area contributed by atoms with Crippen molar-refractivity contribution >= 4 is 41.7 Å². The number of thioether (sulfide) groups is 1. The molecular weight excluding hydrogens is 385 g/mol. The number of rotatable bonds is 3. The van der Waals surface area contributed by atoms with Gasteiger partial charge in [-0.3, -0.25) is 9.67 Å². The van der Waals surface area contributed by atoms with Crippen LogP contribution in [0.2, 0.25) is 0 Å². The lowest BCUT2D eigenvalue weighted by atomic mass is 10.2. The number of aromatic nitrogens is 2. The van der Waals surface area contributed by atoms with E-state index in [9.17, 15) is 0 Å². The summed E-state index contributed by atoms with van der Waals surface area (Å²) >= 11 is 2.04. The highest BCUT2D eigenvalue weighted by Crippen LogP contribution is 2.29. The van der Waals surface area contributed by atoms with Gasteiger partial charge < -0.3 is 10.2 Å². The largest absolute Gasteiger partial charge is 0.354 e. The van der Waals surface area contributed by atoms with Crippen LogP contribution in [0.15, 0.2) is 23.5 Å². The summed E-state index contributed by atoms with van der Waals surface area (Å²) in [5.74, 6) is 2.16. The molecule has 0 atom stereocenters. The number of hydrogen-bond donors (Lipinski definition) is 1. The molecule has 1 aromatic rings. The molecule has 0 saturated carbocycles. The summed E-state index contributed by atoms with van der Waals surface area (Å²) in [6.45, 7) is 8.40. The van der Waals surface area contributed by atoms with Gasteiger partial charge in [0.15, 0.2) is 5.96 Å². The molecule has 114 valence electrons. The number of nitrogens with one attached hydrogen (secondary N) is 1. The molecule has 7 heteroatoms. The molecule has 0 unspecified atom stereocenters. The van der Waals surface area contributed by atoms with Gasteiger partial charge in [-0.05, 0) is 19.9 Å². The summed E-state index contributed by atoms with van der Waals surface area (Å²) in [5, 5.41) is 7.62. The topological polar surface area (TPSA) is 45.5 Å². The summed E-state index contributed by atoms with van der Waals surface area (Å²) in [6, 6.07) is 1.94. The molecule has 0 aromatic carbocycles. The molecule has 0 amide bonds. The quantitative estimate of drug-likeness (QED) is 0.471. The zero-order chi connectivity index (χ0) is 13.7. The van der Waals surface area contributed by atoms with Gasteiger partial charge in [0.25, 0.3) is 0 Å². The highest BCUT2D eigenvalue weighted by molar-refractivity contribution is 14.0. The van der Waals surface area contributed by atoms with Crippen LogP contribution in [0.1, 0.15) is 13.8 Å². The monoisotopic (exact) mass is 409 g/mol. The van der Waals surface area contributed by atoms with E-state index in [-0.39, 0.29) is 24.0 Å². The van der Waals surface area contributed by atoms with Gasteiger partial charge in [-0.25, -0.2) is 0 Å². The van der Waals surface area contributed by atoms with Crippen molar-refractivity contribution < 1.29 is 0 Å². The van der Waals surface area contributed by atoms with Gasteiger partial charge in [0.2, 0.25) is 0 Å². The summed E-state index contributed by atoms with van der Waals surface area (Å²) in [4.78, 5) is 6.74. The van der Waals surface area contributed by atoms with Crippen LogP contribution in [0.4, 0.5) is 0 Å². The molecule has 5 nitrogen and oxygen atoms in total. The third-order valence-corrected chi connectivity index (χ3v) is 4.42. The average molecular weight is 409 g/mol. The van der Waals surface area contributed by atoms with Gasteiger partial charge in [0.1, 0.15) is 0 Å². The van der Waals surface area contributed by atoms with E-state index >= 15 is 0 Å². The molecular formula is C13H24IN5S. The Kier molecular flexibility index (Phi) is 7.14. The molecule has 0 aliphatic carbocycles. The lowest BCUT2D eigenvalue weighted by molar-refractivity contribution is 0.374. The standard InChI is InChI=1S/C13H23N5S.HI/c1-13(2)11-17(9-10-19-13)12(14-3)15-6-8-18-7-4-5-16-18;/h4-5,7H,6,8-11H2,1-3H3,(H,14,15);1H. The SMILES string of the molecule is CN=C(NCCn1cccn1)N1CCSC(C)(C)C1.I. The minimum atomic E-state index is 0. The maximum Gasteiger partial charge on any atom is 0.193 e. The first kappa shape index (κ1) is 17.6. The third-order valence-electron chi connectivity index (χ3n) is 3.12. The molecule has 1 aliphatic rings. The molecule has 1 fully saturated rings. The zero-order valence-corrected chi connectivity index (χ0v) is 15.5. The molecule has 2 heterocycles. The second-order valence-electron chi connectivity index (χ2n) is 5.27. The summed E-state index contributed by atoms with van der Waals surface area (Å²) in [5.41, 5.74) is 0. The van der Waals surface area contributed by atoms with Crippen LogP contribution < -0.4 is 5.32 Å². The van der Waals surface area contributed by atoms with Crippen molar-refractivity contribution in [2.24, 2.45) is 4.99 Å². The molecule has 1 aliphatic heterocycles. The Morgan fingerprint density at radius 2 is 2.30 bits per heavy atom. The lowest BCUT2D eigenvalue weighted by Crippen LogP contribution is -2.51. The molecule has 2 rings (SSSR count). The predicted molar refractivity (Wildman–Crippen MR) is 97.1 cm³/mol. The Hall–Kier alpha value is -0.440. The van der Waals surface area contributed by atoms with Crippen molar-refractivity contribution in [2.75, 3.05) is 32.4 Å². The van der Waals surface area contributed by atoms with Crippen molar-refractivity contribution in [3.63, 3.8) is 0 Å². The van der Waals surface area contributed by atoms with Gasteiger partial charge in [0, 0.05) is 49.6 Å². The second-order valence-corrected chi connectivity index (χ2v) is 7.07. The Balaban J connectivity index is 0.00000200. The van der Waals surface area contributed by atoms with Gasteiger partial charge in [-0.1, -0.05) is 0 Å². The first-order valence-corrected chi connectivity index (χ1v) is 7.66. The third kappa shape index (κ3) is 5.16. The highest BCUT2D eigenvalue weighted by atomic mass is 127. The van der Waals surface area contributed by atoms with Crippen LogP contribution in [0.5, 0.6) is 0 Å². The van der Waals surface area contributed by atoms with Crippen LogP contribution in [0.25, 0.3) is 0 Å². The molecule has 1 N–H and O–H groups in total. The summed E-state index contributed by atoms with van der Waals surface area (Å²) in [7, 11) is 1.85. The molecule has 0 spiro atoms. The Labute approximate surface area is 142 Å². The molecule has 0 bridgehead atoms. The Morgan fingerprint density at radius 1 is 1.50 bits per heavy atom. The van der Waals surface area contributed by atoms with Crippen molar-refractivity contribution in [1.29, 1.82) is 0 Å². The molecule has 0 radical (unpaired) electrons. The number of nitrogens with zero attached hydrogens (tertiary/aromatic N) is 4. The fourth-order valence-electron chi connectivity index (χ4n) is 2.24. The summed E-state index contributed by atoms with van der Waals surface area (Å²) in [6.07, 6.45) is 3.78. The van der Waals surface area contributed by atoms with E-state index in [1.165, 1.54) is 0 Å². The second kappa shape index (κ2) is 8.11. The van der Waals surface area contributed by atoms with Crippen molar-refractivity contribution in [3.8, 4) is 0 Å². The van der Waals surface area contributed by atoms with Crippen LogP contribution in [-0.2, 0) is 6.54 Å². The van der Waals surface area contributed by atoms with Crippen molar-refractivity contribution in [2.45, 2.75) is 25.1 Å². The minimum Gasteiger partial charge on any atom is -0.354 e. The maximum absolute atomic E-state index is 4.39.